The Kier molecular flexibility index (Phi) is 5.69. The van der Waals surface area contributed by atoms with E-state index in [1.54, 1.807) is 14.2 Å². The Hall–Kier alpha value is -1.74. The van der Waals surface area contributed by atoms with E-state index >= 15 is 0 Å². The highest BCUT2D eigenvalue weighted by molar-refractivity contribution is 5.28. The molecule has 0 saturated carbocycles. The molecule has 0 aliphatic heterocycles. The van der Waals surface area contributed by atoms with E-state index < -0.39 is 0 Å². The number of hydrogen-bond acceptors (Lipinski definition) is 3. The fourth-order valence-electron chi connectivity index (χ4n) is 2.17. The maximum atomic E-state index is 5.86. The highest BCUT2D eigenvalue weighted by atomic mass is 16.5. The van der Waals surface area contributed by atoms with Gasteiger partial charge in [-0.3, -0.25) is 0 Å². The standard InChI is InChI=1S/C17H22O3/c1-18-12-14-4-3-5-17(11-8-14)20-13-15-6-9-16(19-2)10-7-15/h3-6,9,11H,7-8,10,12-13H2,1-2H3. The Morgan fingerprint density at radius 2 is 1.90 bits per heavy atom. The number of ether oxygens (including phenoxy) is 3. The van der Waals surface area contributed by atoms with Crippen molar-refractivity contribution < 1.29 is 14.2 Å². The van der Waals surface area contributed by atoms with Crippen molar-refractivity contribution in [3.05, 3.63) is 59.1 Å². The van der Waals surface area contributed by atoms with E-state index in [0.29, 0.717) is 13.2 Å². The van der Waals surface area contributed by atoms with Gasteiger partial charge < -0.3 is 14.2 Å². The van der Waals surface area contributed by atoms with Crippen LogP contribution in [0.2, 0.25) is 0 Å². The molecular formula is C17H22O3. The molecule has 0 unspecified atom stereocenters. The molecule has 2 rings (SSSR count). The summed E-state index contributed by atoms with van der Waals surface area (Å²) in [4.78, 5) is 0. The van der Waals surface area contributed by atoms with Crippen molar-refractivity contribution in [2.45, 2.75) is 19.3 Å². The highest BCUT2D eigenvalue weighted by Gasteiger charge is 2.08. The van der Waals surface area contributed by atoms with Crippen molar-refractivity contribution in [1.29, 1.82) is 0 Å². The predicted octanol–water partition coefficient (Wildman–Crippen LogP) is 3.67. The summed E-state index contributed by atoms with van der Waals surface area (Å²) in [6.45, 7) is 1.31. The van der Waals surface area contributed by atoms with Gasteiger partial charge in [-0.1, -0.05) is 18.2 Å². The van der Waals surface area contributed by atoms with Crippen LogP contribution in [0.25, 0.3) is 0 Å². The molecule has 0 bridgehead atoms. The predicted molar refractivity (Wildman–Crippen MR) is 80.2 cm³/mol. The molecule has 108 valence electrons. The largest absolute Gasteiger partial charge is 0.501 e. The van der Waals surface area contributed by atoms with Crippen LogP contribution >= 0.6 is 0 Å². The molecule has 0 saturated heterocycles. The highest BCUT2D eigenvalue weighted by Crippen LogP contribution is 2.20. The van der Waals surface area contributed by atoms with Gasteiger partial charge in [0.25, 0.3) is 0 Å². The van der Waals surface area contributed by atoms with Crippen LogP contribution in [0.15, 0.2) is 59.1 Å². The Balaban J connectivity index is 1.84. The van der Waals surface area contributed by atoms with Crippen LogP contribution in [0.5, 0.6) is 0 Å². The molecule has 0 aromatic carbocycles. The van der Waals surface area contributed by atoms with Crippen molar-refractivity contribution in [2.75, 3.05) is 27.4 Å². The van der Waals surface area contributed by atoms with Gasteiger partial charge in [-0.05, 0) is 42.2 Å². The molecule has 0 fully saturated rings. The molecule has 3 nitrogen and oxygen atoms in total. The first kappa shape index (κ1) is 14.7. The second-order valence-corrected chi connectivity index (χ2v) is 4.88. The van der Waals surface area contributed by atoms with E-state index in [1.165, 1.54) is 11.1 Å². The van der Waals surface area contributed by atoms with Crippen LogP contribution < -0.4 is 0 Å². The molecule has 0 heterocycles. The van der Waals surface area contributed by atoms with Crippen LogP contribution in [0, 0.1) is 0 Å². The van der Waals surface area contributed by atoms with Gasteiger partial charge in [0.05, 0.1) is 19.5 Å². The van der Waals surface area contributed by atoms with Crippen LogP contribution in [-0.2, 0) is 14.2 Å². The minimum absolute atomic E-state index is 0.642. The monoisotopic (exact) mass is 274 g/mol. The maximum Gasteiger partial charge on any atom is 0.116 e. The minimum atomic E-state index is 0.642. The lowest BCUT2D eigenvalue weighted by molar-refractivity contribution is 0.223. The average Bonchev–Trinajstić information content (AvgIpc) is 2.71. The molecule has 0 spiro atoms. The quantitative estimate of drug-likeness (QED) is 0.739. The summed E-state index contributed by atoms with van der Waals surface area (Å²) in [5.41, 5.74) is 2.56. The molecule has 0 amide bonds. The van der Waals surface area contributed by atoms with Gasteiger partial charge in [0.1, 0.15) is 12.4 Å². The zero-order valence-corrected chi connectivity index (χ0v) is 12.2. The van der Waals surface area contributed by atoms with Gasteiger partial charge in [0.2, 0.25) is 0 Å². The van der Waals surface area contributed by atoms with Crippen molar-refractivity contribution in [3.63, 3.8) is 0 Å². The van der Waals surface area contributed by atoms with Gasteiger partial charge in [0.15, 0.2) is 0 Å². The summed E-state index contributed by atoms with van der Waals surface area (Å²) < 4.78 is 16.2. The van der Waals surface area contributed by atoms with Gasteiger partial charge in [-0.15, -0.1) is 0 Å². The number of hydrogen-bond donors (Lipinski definition) is 0. The SMILES string of the molecule is COCC1=CC=CC(OCC2=CC=C(OC)CC2)=CC1. The van der Waals surface area contributed by atoms with Gasteiger partial charge in [-0.2, -0.15) is 0 Å². The molecule has 0 radical (unpaired) electrons. The molecule has 2 aliphatic carbocycles. The van der Waals surface area contributed by atoms with E-state index in [4.69, 9.17) is 14.2 Å². The first-order valence-electron chi connectivity index (χ1n) is 6.92. The number of rotatable bonds is 6. The lowest BCUT2D eigenvalue weighted by atomic mass is 10.0. The lowest BCUT2D eigenvalue weighted by Gasteiger charge is -2.14. The molecule has 0 atom stereocenters. The van der Waals surface area contributed by atoms with E-state index in [2.05, 4.69) is 18.2 Å². The minimum Gasteiger partial charge on any atom is -0.501 e. The molecule has 2 aliphatic rings. The van der Waals surface area contributed by atoms with Crippen LogP contribution in [0.4, 0.5) is 0 Å². The third kappa shape index (κ3) is 4.42. The smallest absolute Gasteiger partial charge is 0.116 e. The normalized spacial score (nSPS) is 18.5. The summed E-state index contributed by atoms with van der Waals surface area (Å²) in [7, 11) is 3.43. The average molecular weight is 274 g/mol. The van der Waals surface area contributed by atoms with E-state index in [0.717, 1.165) is 30.8 Å². The van der Waals surface area contributed by atoms with E-state index in [9.17, 15) is 0 Å². The third-order valence-corrected chi connectivity index (χ3v) is 3.37. The Bertz CT molecular complexity index is 478. The summed E-state index contributed by atoms with van der Waals surface area (Å²) in [5, 5.41) is 0. The van der Waals surface area contributed by atoms with Crippen molar-refractivity contribution in [1.82, 2.24) is 0 Å². The van der Waals surface area contributed by atoms with Crippen LogP contribution in [-0.4, -0.2) is 27.4 Å². The van der Waals surface area contributed by atoms with Crippen LogP contribution in [0.1, 0.15) is 19.3 Å². The van der Waals surface area contributed by atoms with Gasteiger partial charge in [-0.25, -0.2) is 0 Å². The van der Waals surface area contributed by atoms with E-state index in [-0.39, 0.29) is 0 Å². The second kappa shape index (κ2) is 7.75. The zero-order chi connectivity index (χ0) is 14.2. The first-order valence-corrected chi connectivity index (χ1v) is 6.92. The third-order valence-electron chi connectivity index (χ3n) is 3.37. The summed E-state index contributed by atoms with van der Waals surface area (Å²) in [6, 6.07) is 0. The van der Waals surface area contributed by atoms with Crippen molar-refractivity contribution >= 4 is 0 Å². The van der Waals surface area contributed by atoms with E-state index in [1.807, 2.05) is 18.2 Å². The molecule has 0 N–H and O–H groups in total. The summed E-state index contributed by atoms with van der Waals surface area (Å²) in [5.74, 6) is 1.96. The Morgan fingerprint density at radius 1 is 1.00 bits per heavy atom. The van der Waals surface area contributed by atoms with Gasteiger partial charge in [0, 0.05) is 13.5 Å². The fraction of sp³-hybridized carbons (Fsp3) is 0.412. The second-order valence-electron chi connectivity index (χ2n) is 4.88. The molecular weight excluding hydrogens is 252 g/mol. The maximum absolute atomic E-state index is 5.86. The van der Waals surface area contributed by atoms with Gasteiger partial charge >= 0.3 is 0 Å². The topological polar surface area (TPSA) is 27.7 Å². The summed E-state index contributed by atoms with van der Waals surface area (Å²) in [6.07, 6.45) is 15.2. The number of methoxy groups -OCH3 is 2. The fourth-order valence-corrected chi connectivity index (χ4v) is 2.17. The molecule has 20 heavy (non-hydrogen) atoms. The Morgan fingerprint density at radius 3 is 2.60 bits per heavy atom. The molecule has 3 heteroatoms. The lowest BCUT2D eigenvalue weighted by Crippen LogP contribution is -2.02. The number of allylic oxidation sites excluding steroid dienone is 7. The van der Waals surface area contributed by atoms with Crippen LogP contribution in [0.3, 0.4) is 0 Å². The van der Waals surface area contributed by atoms with Crippen molar-refractivity contribution in [2.24, 2.45) is 0 Å². The molecule has 0 aromatic heterocycles. The Labute approximate surface area is 120 Å². The van der Waals surface area contributed by atoms with Crippen molar-refractivity contribution in [3.8, 4) is 0 Å². The summed E-state index contributed by atoms with van der Waals surface area (Å²) >= 11 is 0. The first-order chi connectivity index (χ1) is 9.81. The zero-order valence-electron chi connectivity index (χ0n) is 12.2. The molecule has 0 aromatic rings.